The smallest absolute Gasteiger partial charge is 0.215 e. The number of ether oxygens (including phenoxy) is 1. The molecule has 0 aliphatic carbocycles. The molecule has 0 radical (unpaired) electrons. The van der Waals surface area contributed by atoms with E-state index in [1.165, 1.54) is 0 Å². The Kier molecular flexibility index (Phi) is 5.31. The van der Waals surface area contributed by atoms with Crippen LogP contribution in [0.3, 0.4) is 0 Å². The summed E-state index contributed by atoms with van der Waals surface area (Å²) >= 11 is 5.76. The van der Waals surface area contributed by atoms with Gasteiger partial charge in [-0.2, -0.15) is 0 Å². The second kappa shape index (κ2) is 7.13. The zero-order chi connectivity index (χ0) is 17.2. The summed E-state index contributed by atoms with van der Waals surface area (Å²) in [6.45, 7) is 4.22. The van der Waals surface area contributed by atoms with Gasteiger partial charge in [-0.15, -0.1) is 0 Å². The lowest BCUT2D eigenvalue weighted by Gasteiger charge is -2.33. The van der Waals surface area contributed by atoms with E-state index >= 15 is 0 Å². The molecule has 2 fully saturated rings. The van der Waals surface area contributed by atoms with Gasteiger partial charge < -0.3 is 10.1 Å². The molecule has 0 spiro atoms. The highest BCUT2D eigenvalue weighted by Crippen LogP contribution is 2.22. The number of piperidine rings is 1. The molecule has 2 aliphatic rings. The first-order valence-corrected chi connectivity index (χ1v) is 10.1. The zero-order valence-electron chi connectivity index (χ0n) is 13.7. The third-order valence-corrected chi connectivity index (χ3v) is 6.83. The van der Waals surface area contributed by atoms with Gasteiger partial charge in [0, 0.05) is 31.8 Å². The minimum absolute atomic E-state index is 0.00119. The van der Waals surface area contributed by atoms with Crippen molar-refractivity contribution < 1.29 is 13.2 Å². The molecule has 3 rings (SSSR count). The molecule has 0 saturated carbocycles. The Morgan fingerprint density at radius 2 is 2.17 bits per heavy atom. The van der Waals surface area contributed by atoms with Gasteiger partial charge in [0.2, 0.25) is 10.0 Å². The van der Waals surface area contributed by atoms with Gasteiger partial charge in [-0.3, -0.25) is 5.32 Å². The summed E-state index contributed by atoms with van der Waals surface area (Å²) in [5.74, 6) is 0.772. The SMILES string of the molecule is C[C@@]1(CS(=O)(=O)N2CCC(Oc3ccc(Cl)nc3)CC2)CNCN1. The number of nitrogens with zero attached hydrogens (tertiary/aromatic N) is 2. The molecule has 24 heavy (non-hydrogen) atoms. The predicted octanol–water partition coefficient (Wildman–Crippen LogP) is 0.817. The second-order valence-electron chi connectivity index (χ2n) is 6.63. The first-order chi connectivity index (χ1) is 11.4. The standard InChI is InChI=1S/C15H23ClN4O3S/c1-15(9-17-11-19-15)10-24(21,22)20-6-4-12(5-7-20)23-13-2-3-14(16)18-8-13/h2-3,8,12,17,19H,4-7,9-11H2,1H3/t15-/m0/s1. The van der Waals surface area contributed by atoms with Crippen molar-refractivity contribution >= 4 is 21.6 Å². The molecule has 9 heteroatoms. The van der Waals surface area contributed by atoms with Crippen molar-refractivity contribution in [3.05, 3.63) is 23.5 Å². The van der Waals surface area contributed by atoms with Crippen LogP contribution >= 0.6 is 11.6 Å². The van der Waals surface area contributed by atoms with E-state index in [2.05, 4.69) is 15.6 Å². The number of aromatic nitrogens is 1. The molecule has 2 aliphatic heterocycles. The van der Waals surface area contributed by atoms with Crippen LogP contribution < -0.4 is 15.4 Å². The largest absolute Gasteiger partial charge is 0.489 e. The number of pyridine rings is 1. The molecule has 0 aromatic carbocycles. The van der Waals surface area contributed by atoms with Crippen molar-refractivity contribution in [1.82, 2.24) is 19.9 Å². The van der Waals surface area contributed by atoms with Crippen LogP contribution in [-0.2, 0) is 10.0 Å². The fraction of sp³-hybridized carbons (Fsp3) is 0.667. The van der Waals surface area contributed by atoms with E-state index in [0.29, 0.717) is 50.0 Å². The van der Waals surface area contributed by atoms with Gasteiger partial charge in [0.25, 0.3) is 0 Å². The van der Waals surface area contributed by atoms with Crippen LogP contribution in [0.15, 0.2) is 18.3 Å². The highest BCUT2D eigenvalue weighted by Gasteiger charge is 2.37. The number of rotatable bonds is 5. The summed E-state index contributed by atoms with van der Waals surface area (Å²) in [6.07, 6.45) is 2.93. The molecule has 134 valence electrons. The van der Waals surface area contributed by atoms with Gasteiger partial charge in [0.05, 0.1) is 11.9 Å². The van der Waals surface area contributed by atoms with E-state index in [-0.39, 0.29) is 11.9 Å². The van der Waals surface area contributed by atoms with E-state index in [1.54, 1.807) is 22.6 Å². The molecule has 1 aromatic rings. The van der Waals surface area contributed by atoms with E-state index < -0.39 is 15.6 Å². The first kappa shape index (κ1) is 17.9. The van der Waals surface area contributed by atoms with Gasteiger partial charge in [-0.05, 0) is 31.9 Å². The van der Waals surface area contributed by atoms with Crippen LogP contribution in [0.1, 0.15) is 19.8 Å². The fourth-order valence-electron chi connectivity index (χ4n) is 3.13. The average Bonchev–Trinajstić information content (AvgIpc) is 2.95. The van der Waals surface area contributed by atoms with E-state index in [1.807, 2.05) is 6.92 Å². The monoisotopic (exact) mass is 374 g/mol. The minimum Gasteiger partial charge on any atom is -0.489 e. The number of halogens is 1. The van der Waals surface area contributed by atoms with Crippen LogP contribution in [0.25, 0.3) is 0 Å². The van der Waals surface area contributed by atoms with E-state index in [4.69, 9.17) is 16.3 Å². The summed E-state index contributed by atoms with van der Waals surface area (Å²) in [5, 5.41) is 6.78. The third kappa shape index (κ3) is 4.37. The van der Waals surface area contributed by atoms with Gasteiger partial charge in [-0.1, -0.05) is 11.6 Å². The average molecular weight is 375 g/mol. The van der Waals surface area contributed by atoms with Crippen molar-refractivity contribution in [1.29, 1.82) is 0 Å². The molecule has 2 saturated heterocycles. The second-order valence-corrected chi connectivity index (χ2v) is 8.99. The van der Waals surface area contributed by atoms with E-state index in [0.717, 1.165) is 0 Å². The summed E-state index contributed by atoms with van der Waals surface area (Å²) in [7, 11) is -3.28. The Bertz CT molecular complexity index is 654. The third-order valence-electron chi connectivity index (χ3n) is 4.45. The van der Waals surface area contributed by atoms with Crippen molar-refractivity contribution in [2.45, 2.75) is 31.4 Å². The van der Waals surface area contributed by atoms with Gasteiger partial charge in [-0.25, -0.2) is 17.7 Å². The number of hydrogen-bond donors (Lipinski definition) is 2. The summed E-state index contributed by atoms with van der Waals surface area (Å²) in [5.41, 5.74) is -0.402. The molecular weight excluding hydrogens is 352 g/mol. The Labute approximate surface area is 147 Å². The highest BCUT2D eigenvalue weighted by molar-refractivity contribution is 7.89. The maximum Gasteiger partial charge on any atom is 0.215 e. The van der Waals surface area contributed by atoms with Crippen LogP contribution in [0, 0.1) is 0 Å². The molecule has 0 bridgehead atoms. The van der Waals surface area contributed by atoms with Crippen LogP contribution in [0.2, 0.25) is 5.15 Å². The van der Waals surface area contributed by atoms with Crippen LogP contribution in [-0.4, -0.2) is 61.4 Å². The Balaban J connectivity index is 1.53. The van der Waals surface area contributed by atoms with E-state index in [9.17, 15) is 8.42 Å². The predicted molar refractivity (Wildman–Crippen MR) is 92.7 cm³/mol. The van der Waals surface area contributed by atoms with Gasteiger partial charge >= 0.3 is 0 Å². The first-order valence-electron chi connectivity index (χ1n) is 8.08. The van der Waals surface area contributed by atoms with Crippen molar-refractivity contribution in [3.8, 4) is 5.75 Å². The molecule has 3 heterocycles. The van der Waals surface area contributed by atoms with Crippen molar-refractivity contribution in [2.24, 2.45) is 0 Å². The summed E-state index contributed by atoms with van der Waals surface area (Å²) < 4.78 is 32.7. The van der Waals surface area contributed by atoms with Crippen molar-refractivity contribution in [2.75, 3.05) is 32.1 Å². The Morgan fingerprint density at radius 3 is 2.75 bits per heavy atom. The fourth-order valence-corrected chi connectivity index (χ4v) is 5.20. The lowest BCUT2D eigenvalue weighted by molar-refractivity contribution is 0.134. The van der Waals surface area contributed by atoms with Crippen LogP contribution in [0.5, 0.6) is 5.75 Å². The highest BCUT2D eigenvalue weighted by atomic mass is 35.5. The van der Waals surface area contributed by atoms with Crippen LogP contribution in [0.4, 0.5) is 0 Å². The Morgan fingerprint density at radius 1 is 1.42 bits per heavy atom. The lowest BCUT2D eigenvalue weighted by atomic mass is 10.1. The summed E-state index contributed by atoms with van der Waals surface area (Å²) in [6, 6.07) is 3.46. The van der Waals surface area contributed by atoms with Gasteiger partial charge in [0.15, 0.2) is 0 Å². The molecule has 7 nitrogen and oxygen atoms in total. The molecule has 0 unspecified atom stereocenters. The maximum absolute atomic E-state index is 12.6. The zero-order valence-corrected chi connectivity index (χ0v) is 15.2. The Hall–Kier alpha value is -0.930. The molecule has 1 aromatic heterocycles. The number of hydrogen-bond acceptors (Lipinski definition) is 6. The molecular formula is C15H23ClN4O3S. The maximum atomic E-state index is 12.6. The number of nitrogens with one attached hydrogen (secondary N) is 2. The topological polar surface area (TPSA) is 83.6 Å². The minimum atomic E-state index is -3.28. The lowest BCUT2D eigenvalue weighted by Crippen LogP contribution is -2.51. The number of sulfonamides is 1. The molecule has 0 amide bonds. The summed E-state index contributed by atoms with van der Waals surface area (Å²) in [4.78, 5) is 3.99. The van der Waals surface area contributed by atoms with Crippen molar-refractivity contribution in [3.63, 3.8) is 0 Å². The normalized spacial score (nSPS) is 26.6. The molecule has 1 atom stereocenters. The quantitative estimate of drug-likeness (QED) is 0.742. The van der Waals surface area contributed by atoms with Gasteiger partial charge in [0.1, 0.15) is 17.0 Å². The molecule has 2 N–H and O–H groups in total.